The number of amides is 4. The molecule has 0 radical (unpaired) electrons. The van der Waals surface area contributed by atoms with E-state index in [1.54, 1.807) is 30.3 Å². The molecule has 5 unspecified atom stereocenters. The van der Waals surface area contributed by atoms with Crippen molar-refractivity contribution in [2.45, 2.75) is 56.5 Å². The fourth-order valence-corrected chi connectivity index (χ4v) is 2.94. The Bertz CT molecular complexity index is 938. The van der Waals surface area contributed by atoms with Gasteiger partial charge in [-0.3, -0.25) is 24.0 Å². The number of primary amides is 1. The van der Waals surface area contributed by atoms with Crippen LogP contribution >= 0.6 is 0 Å². The van der Waals surface area contributed by atoms with Gasteiger partial charge in [-0.05, 0) is 12.5 Å². The first-order chi connectivity index (χ1) is 16.3. The first-order valence-corrected chi connectivity index (χ1v) is 10.4. The number of carbonyl (C=O) groups excluding carboxylic acids is 4. The van der Waals surface area contributed by atoms with Crippen molar-refractivity contribution in [3.63, 3.8) is 0 Å². The number of aliphatic hydroxyl groups excluding tert-OH is 1. The number of rotatable bonds is 14. The molecule has 5 atom stereocenters. The highest BCUT2D eigenvalue weighted by atomic mass is 16.4. The quantitative estimate of drug-likeness (QED) is 0.128. The van der Waals surface area contributed by atoms with Crippen LogP contribution in [0.5, 0.6) is 0 Å². The fourth-order valence-electron chi connectivity index (χ4n) is 2.94. The number of benzene rings is 1. The number of nitrogens with one attached hydrogen (secondary N) is 3. The molecule has 14 heteroatoms. The van der Waals surface area contributed by atoms with Crippen molar-refractivity contribution >= 4 is 35.6 Å². The molecule has 0 saturated carbocycles. The molecule has 0 aliphatic rings. The Morgan fingerprint density at radius 2 is 1.43 bits per heavy atom. The number of hydrogen-bond acceptors (Lipinski definition) is 8. The van der Waals surface area contributed by atoms with Gasteiger partial charge < -0.3 is 42.7 Å². The molecule has 0 aliphatic heterocycles. The van der Waals surface area contributed by atoms with Gasteiger partial charge in [0.2, 0.25) is 23.6 Å². The Morgan fingerprint density at radius 1 is 0.857 bits per heavy atom. The van der Waals surface area contributed by atoms with Crippen molar-refractivity contribution in [2.24, 2.45) is 11.5 Å². The Morgan fingerprint density at radius 3 is 1.91 bits per heavy atom. The smallest absolute Gasteiger partial charge is 0.326 e. The average molecular weight is 495 g/mol. The van der Waals surface area contributed by atoms with Crippen molar-refractivity contribution < 1.29 is 44.1 Å². The number of carboxylic acid groups (broad SMARTS) is 2. The zero-order chi connectivity index (χ0) is 26.7. The van der Waals surface area contributed by atoms with E-state index in [0.29, 0.717) is 5.56 Å². The lowest BCUT2D eigenvalue weighted by molar-refractivity contribution is -0.143. The minimum absolute atomic E-state index is 0.111. The molecule has 0 aromatic heterocycles. The summed E-state index contributed by atoms with van der Waals surface area (Å²) < 4.78 is 0. The molecule has 1 aromatic carbocycles. The molecule has 0 bridgehead atoms. The Kier molecular flexibility index (Phi) is 11.3. The number of hydrogen-bond donors (Lipinski definition) is 8. The maximum Gasteiger partial charge on any atom is 0.326 e. The molecule has 0 saturated heterocycles. The predicted octanol–water partition coefficient (Wildman–Crippen LogP) is -3.17. The summed E-state index contributed by atoms with van der Waals surface area (Å²) in [6.45, 7) is 1.14. The summed E-state index contributed by atoms with van der Waals surface area (Å²) in [7, 11) is 0. The Hall–Kier alpha value is -4.04. The number of carbonyl (C=O) groups is 6. The highest BCUT2D eigenvalue weighted by Gasteiger charge is 2.33. The van der Waals surface area contributed by atoms with E-state index in [4.69, 9.17) is 16.6 Å². The Balaban J connectivity index is 2.98. The van der Waals surface area contributed by atoms with E-state index in [2.05, 4.69) is 16.0 Å². The van der Waals surface area contributed by atoms with E-state index in [1.807, 2.05) is 0 Å². The number of nitrogens with two attached hydrogens (primary N) is 2. The third-order valence-corrected chi connectivity index (χ3v) is 4.73. The van der Waals surface area contributed by atoms with Crippen LogP contribution in [0.15, 0.2) is 30.3 Å². The van der Waals surface area contributed by atoms with Crippen LogP contribution in [0, 0.1) is 0 Å². The number of aliphatic carboxylic acids is 2. The third-order valence-electron chi connectivity index (χ3n) is 4.73. The van der Waals surface area contributed by atoms with E-state index in [0.717, 1.165) is 6.92 Å². The van der Waals surface area contributed by atoms with E-state index in [-0.39, 0.29) is 6.42 Å². The second kappa shape index (κ2) is 13.6. The van der Waals surface area contributed by atoms with Crippen LogP contribution in [-0.4, -0.2) is 81.2 Å². The van der Waals surface area contributed by atoms with Crippen LogP contribution in [0.1, 0.15) is 25.3 Å². The Labute approximate surface area is 200 Å². The van der Waals surface area contributed by atoms with Gasteiger partial charge in [0.1, 0.15) is 18.1 Å². The lowest BCUT2D eigenvalue weighted by Gasteiger charge is -2.25. The molecule has 35 heavy (non-hydrogen) atoms. The third kappa shape index (κ3) is 10.2. The van der Waals surface area contributed by atoms with Gasteiger partial charge in [-0.2, -0.15) is 0 Å². The second-order valence-electron chi connectivity index (χ2n) is 7.75. The van der Waals surface area contributed by atoms with Crippen molar-refractivity contribution in [3.05, 3.63) is 35.9 Å². The van der Waals surface area contributed by atoms with Gasteiger partial charge in [-0.25, -0.2) is 4.79 Å². The average Bonchev–Trinajstić information content (AvgIpc) is 2.75. The van der Waals surface area contributed by atoms with Gasteiger partial charge in [0, 0.05) is 6.42 Å². The SMILES string of the molecule is CC(O)C(NC(=O)C(N)CC(N)=O)C(=O)NC(CC(=O)O)C(=O)NC(Cc1ccccc1)C(=O)O. The van der Waals surface area contributed by atoms with Gasteiger partial charge in [0.25, 0.3) is 0 Å². The molecule has 4 amide bonds. The van der Waals surface area contributed by atoms with Gasteiger partial charge in [-0.15, -0.1) is 0 Å². The number of aliphatic hydroxyl groups is 1. The normalized spacial score (nSPS) is 14.9. The molecule has 1 aromatic rings. The maximum absolute atomic E-state index is 12.7. The maximum atomic E-state index is 12.7. The minimum atomic E-state index is -1.74. The van der Waals surface area contributed by atoms with Crippen molar-refractivity contribution in [1.82, 2.24) is 16.0 Å². The summed E-state index contributed by atoms with van der Waals surface area (Å²) in [5, 5.41) is 34.9. The standard InChI is InChI=1S/C21H29N5O9/c1-10(27)17(26-18(31)12(22)8-15(23)28)20(33)24-13(9-16(29)30)19(32)25-14(21(34)35)7-11-5-3-2-4-6-11/h2-6,10,12-14,17,27H,7-9,22H2,1H3,(H2,23,28)(H,24,33)(H,25,32)(H,26,31)(H,29,30)(H,34,35). The summed E-state index contributed by atoms with van der Waals surface area (Å²) in [6, 6.07) is 2.06. The first-order valence-electron chi connectivity index (χ1n) is 10.4. The molecule has 192 valence electrons. The summed E-state index contributed by atoms with van der Waals surface area (Å²) in [5.41, 5.74) is 11.1. The summed E-state index contributed by atoms with van der Waals surface area (Å²) >= 11 is 0. The monoisotopic (exact) mass is 495 g/mol. The second-order valence-corrected chi connectivity index (χ2v) is 7.75. The molecular weight excluding hydrogens is 466 g/mol. The van der Waals surface area contributed by atoms with Gasteiger partial charge in [0.05, 0.1) is 25.0 Å². The number of carboxylic acids is 2. The van der Waals surface area contributed by atoms with Crippen LogP contribution in [0.2, 0.25) is 0 Å². The van der Waals surface area contributed by atoms with Crippen molar-refractivity contribution in [1.29, 1.82) is 0 Å². The molecule has 10 N–H and O–H groups in total. The fraction of sp³-hybridized carbons (Fsp3) is 0.429. The van der Waals surface area contributed by atoms with Crippen LogP contribution in [0.4, 0.5) is 0 Å². The lowest BCUT2D eigenvalue weighted by atomic mass is 10.0. The summed E-state index contributed by atoms with van der Waals surface area (Å²) in [5.74, 6) is -7.01. The highest BCUT2D eigenvalue weighted by molar-refractivity contribution is 5.96. The first kappa shape index (κ1) is 29.0. The predicted molar refractivity (Wildman–Crippen MR) is 119 cm³/mol. The van der Waals surface area contributed by atoms with E-state index in [9.17, 15) is 39.0 Å². The molecular formula is C21H29N5O9. The summed E-state index contributed by atoms with van der Waals surface area (Å²) in [6.07, 6.45) is -3.09. The van der Waals surface area contributed by atoms with Crippen molar-refractivity contribution in [3.8, 4) is 0 Å². The van der Waals surface area contributed by atoms with Crippen LogP contribution in [0.25, 0.3) is 0 Å². The molecule has 14 nitrogen and oxygen atoms in total. The molecule has 0 heterocycles. The van der Waals surface area contributed by atoms with Crippen LogP contribution in [0.3, 0.4) is 0 Å². The zero-order valence-electron chi connectivity index (χ0n) is 18.8. The van der Waals surface area contributed by atoms with Crippen LogP contribution in [-0.2, 0) is 35.2 Å². The van der Waals surface area contributed by atoms with E-state index < -0.39 is 78.7 Å². The molecule has 0 aliphatic carbocycles. The largest absolute Gasteiger partial charge is 0.481 e. The van der Waals surface area contributed by atoms with E-state index >= 15 is 0 Å². The van der Waals surface area contributed by atoms with Crippen LogP contribution < -0.4 is 27.4 Å². The topological polar surface area (TPSA) is 251 Å². The molecule has 0 fully saturated rings. The summed E-state index contributed by atoms with van der Waals surface area (Å²) in [4.78, 5) is 71.3. The van der Waals surface area contributed by atoms with Gasteiger partial charge >= 0.3 is 11.9 Å². The highest BCUT2D eigenvalue weighted by Crippen LogP contribution is 2.05. The van der Waals surface area contributed by atoms with Gasteiger partial charge in [0.15, 0.2) is 0 Å². The zero-order valence-corrected chi connectivity index (χ0v) is 18.8. The minimum Gasteiger partial charge on any atom is -0.481 e. The lowest BCUT2D eigenvalue weighted by Crippen LogP contribution is -2.60. The van der Waals surface area contributed by atoms with Crippen molar-refractivity contribution in [2.75, 3.05) is 0 Å². The van der Waals surface area contributed by atoms with Gasteiger partial charge in [-0.1, -0.05) is 30.3 Å². The van der Waals surface area contributed by atoms with E-state index in [1.165, 1.54) is 0 Å². The molecule has 1 rings (SSSR count). The molecule has 0 spiro atoms.